The number of nitrogens with one attached hydrogen (secondary N) is 2. The molecule has 0 saturated heterocycles. The summed E-state index contributed by atoms with van der Waals surface area (Å²) in [6, 6.07) is 6.41. The van der Waals surface area contributed by atoms with Crippen LogP contribution in [-0.2, 0) is 4.79 Å². The molecule has 0 bridgehead atoms. The monoisotopic (exact) mass is 312 g/mol. The number of halogens is 2. The van der Waals surface area contributed by atoms with Crippen LogP contribution < -0.4 is 15.6 Å². The first kappa shape index (κ1) is 14.4. The summed E-state index contributed by atoms with van der Waals surface area (Å²) in [5.41, 5.74) is 4.94. The van der Waals surface area contributed by atoms with E-state index in [-0.39, 0.29) is 12.6 Å². The summed E-state index contributed by atoms with van der Waals surface area (Å²) < 4.78 is 5.26. The van der Waals surface area contributed by atoms with Crippen LogP contribution in [0.3, 0.4) is 0 Å². The van der Waals surface area contributed by atoms with Crippen molar-refractivity contribution in [3.63, 3.8) is 0 Å². The van der Waals surface area contributed by atoms with Crippen molar-refractivity contribution in [1.29, 1.82) is 0 Å². The second kappa shape index (κ2) is 6.93. The molecule has 20 heavy (non-hydrogen) atoms. The number of aromatic nitrogens is 2. The molecular weight excluding hydrogens is 303 g/mol. The Labute approximate surface area is 125 Å². The molecule has 2 N–H and O–H groups in total. The molecule has 0 saturated carbocycles. The number of rotatable bonds is 5. The highest BCUT2D eigenvalue weighted by Gasteiger charge is 2.06. The highest BCUT2D eigenvalue weighted by atomic mass is 35.5. The van der Waals surface area contributed by atoms with Crippen molar-refractivity contribution in [3.8, 4) is 5.75 Å². The third-order valence-electron chi connectivity index (χ3n) is 2.13. The average Bonchev–Trinajstić information content (AvgIpc) is 2.45. The Balaban J connectivity index is 1.80. The van der Waals surface area contributed by atoms with E-state index < -0.39 is 5.91 Å². The maximum Gasteiger partial charge on any atom is 0.276 e. The van der Waals surface area contributed by atoms with E-state index in [1.165, 1.54) is 6.07 Å². The number of hydrogen-bond donors (Lipinski definition) is 2. The molecule has 0 aliphatic heterocycles. The number of anilines is 1. The van der Waals surface area contributed by atoms with Gasteiger partial charge in [-0.3, -0.25) is 15.6 Å². The van der Waals surface area contributed by atoms with Crippen LogP contribution in [0.5, 0.6) is 5.75 Å². The van der Waals surface area contributed by atoms with E-state index in [9.17, 15) is 4.79 Å². The van der Waals surface area contributed by atoms with Crippen molar-refractivity contribution in [2.24, 2.45) is 0 Å². The zero-order valence-electron chi connectivity index (χ0n) is 10.1. The third-order valence-corrected chi connectivity index (χ3v) is 2.66. The third kappa shape index (κ3) is 4.25. The standard InChI is InChI=1S/C12H10Cl2N4O2/c13-8-2-3-10(9(14)6-8)20-7-11(19)17-18-12-15-4-1-5-16-12/h1-6H,7H2,(H,17,19)(H,15,16,18). The molecule has 0 radical (unpaired) electrons. The normalized spacial score (nSPS) is 9.90. The SMILES string of the molecule is O=C(COc1ccc(Cl)cc1Cl)NNc1ncccn1. The largest absolute Gasteiger partial charge is 0.482 e. The predicted octanol–water partition coefficient (Wildman–Crippen LogP) is 2.31. The topological polar surface area (TPSA) is 76.1 Å². The van der Waals surface area contributed by atoms with Crippen LogP contribution in [-0.4, -0.2) is 22.5 Å². The highest BCUT2D eigenvalue weighted by Crippen LogP contribution is 2.27. The fourth-order valence-electron chi connectivity index (χ4n) is 1.26. The van der Waals surface area contributed by atoms with Crippen LogP contribution in [0.1, 0.15) is 0 Å². The molecule has 6 nitrogen and oxygen atoms in total. The molecule has 1 aromatic heterocycles. The van der Waals surface area contributed by atoms with Gasteiger partial charge in [0.2, 0.25) is 5.95 Å². The summed E-state index contributed by atoms with van der Waals surface area (Å²) in [4.78, 5) is 19.3. The van der Waals surface area contributed by atoms with Crippen LogP contribution in [0, 0.1) is 0 Å². The van der Waals surface area contributed by atoms with Gasteiger partial charge < -0.3 is 4.74 Å². The van der Waals surface area contributed by atoms with Gasteiger partial charge in [-0.15, -0.1) is 0 Å². The number of hydrogen-bond acceptors (Lipinski definition) is 5. The first-order valence-corrected chi connectivity index (χ1v) is 6.30. The molecule has 104 valence electrons. The molecule has 2 rings (SSSR count). The Morgan fingerprint density at radius 2 is 2.00 bits per heavy atom. The molecule has 1 aromatic carbocycles. The van der Waals surface area contributed by atoms with E-state index in [0.29, 0.717) is 15.8 Å². The Hall–Kier alpha value is -2.05. The number of carbonyl (C=O) groups excluding carboxylic acids is 1. The summed E-state index contributed by atoms with van der Waals surface area (Å²) >= 11 is 11.7. The van der Waals surface area contributed by atoms with Gasteiger partial charge >= 0.3 is 0 Å². The molecule has 1 amide bonds. The van der Waals surface area contributed by atoms with Crippen molar-refractivity contribution >= 4 is 35.1 Å². The zero-order chi connectivity index (χ0) is 14.4. The van der Waals surface area contributed by atoms with Gasteiger partial charge in [-0.1, -0.05) is 23.2 Å². The zero-order valence-corrected chi connectivity index (χ0v) is 11.6. The molecule has 0 atom stereocenters. The van der Waals surface area contributed by atoms with E-state index in [1.807, 2.05) is 0 Å². The minimum absolute atomic E-state index is 0.207. The van der Waals surface area contributed by atoms with Crippen LogP contribution in [0.4, 0.5) is 5.95 Å². The minimum Gasteiger partial charge on any atom is -0.482 e. The van der Waals surface area contributed by atoms with Crippen LogP contribution in [0.25, 0.3) is 0 Å². The van der Waals surface area contributed by atoms with Gasteiger partial charge in [0.1, 0.15) is 5.75 Å². The first-order valence-electron chi connectivity index (χ1n) is 5.55. The fraction of sp³-hybridized carbons (Fsp3) is 0.0833. The van der Waals surface area contributed by atoms with Crippen LogP contribution >= 0.6 is 23.2 Å². The van der Waals surface area contributed by atoms with E-state index in [2.05, 4.69) is 20.8 Å². The van der Waals surface area contributed by atoms with Crippen LogP contribution in [0.2, 0.25) is 10.0 Å². The molecular formula is C12H10Cl2N4O2. The second-order valence-corrected chi connectivity index (χ2v) is 4.45. The summed E-state index contributed by atoms with van der Waals surface area (Å²) in [5, 5.41) is 0.833. The smallest absolute Gasteiger partial charge is 0.276 e. The summed E-state index contributed by atoms with van der Waals surface area (Å²) in [6.07, 6.45) is 3.09. The molecule has 1 heterocycles. The molecule has 0 aliphatic rings. The van der Waals surface area contributed by atoms with E-state index in [0.717, 1.165) is 0 Å². The number of amides is 1. The number of nitrogens with zero attached hydrogens (tertiary/aromatic N) is 2. The Kier molecular flexibility index (Phi) is 4.97. The lowest BCUT2D eigenvalue weighted by atomic mass is 10.3. The maximum absolute atomic E-state index is 11.5. The lowest BCUT2D eigenvalue weighted by molar-refractivity contribution is -0.122. The van der Waals surface area contributed by atoms with Crippen LogP contribution in [0.15, 0.2) is 36.7 Å². The quantitative estimate of drug-likeness (QED) is 0.829. The van der Waals surface area contributed by atoms with E-state index in [4.69, 9.17) is 27.9 Å². The molecule has 0 fully saturated rings. The molecule has 8 heteroatoms. The lowest BCUT2D eigenvalue weighted by Gasteiger charge is -2.09. The van der Waals surface area contributed by atoms with E-state index >= 15 is 0 Å². The first-order chi connectivity index (χ1) is 9.65. The van der Waals surface area contributed by atoms with Gasteiger partial charge in [-0.05, 0) is 24.3 Å². The van der Waals surface area contributed by atoms with Gasteiger partial charge in [0.15, 0.2) is 6.61 Å². The Morgan fingerprint density at radius 1 is 1.25 bits per heavy atom. The van der Waals surface area contributed by atoms with Crippen molar-refractivity contribution in [2.75, 3.05) is 12.0 Å². The maximum atomic E-state index is 11.5. The fourth-order valence-corrected chi connectivity index (χ4v) is 1.72. The van der Waals surface area contributed by atoms with E-state index in [1.54, 1.807) is 30.6 Å². The predicted molar refractivity (Wildman–Crippen MR) is 75.8 cm³/mol. The summed E-state index contributed by atoms with van der Waals surface area (Å²) in [5.74, 6) is 0.260. The number of ether oxygens (including phenoxy) is 1. The molecule has 0 aliphatic carbocycles. The van der Waals surface area contributed by atoms with Gasteiger partial charge in [0.05, 0.1) is 5.02 Å². The molecule has 0 unspecified atom stereocenters. The summed E-state index contributed by atoms with van der Waals surface area (Å²) in [7, 11) is 0. The number of benzene rings is 1. The minimum atomic E-state index is -0.400. The highest BCUT2D eigenvalue weighted by molar-refractivity contribution is 6.35. The van der Waals surface area contributed by atoms with Gasteiger partial charge in [-0.25, -0.2) is 9.97 Å². The van der Waals surface area contributed by atoms with Crippen molar-refractivity contribution < 1.29 is 9.53 Å². The lowest BCUT2D eigenvalue weighted by Crippen LogP contribution is -2.34. The van der Waals surface area contributed by atoms with Crippen molar-refractivity contribution in [2.45, 2.75) is 0 Å². The number of carbonyl (C=O) groups is 1. The molecule has 0 spiro atoms. The average molecular weight is 313 g/mol. The Morgan fingerprint density at radius 3 is 2.70 bits per heavy atom. The summed E-state index contributed by atoms with van der Waals surface area (Å²) in [6.45, 7) is -0.207. The second-order valence-electron chi connectivity index (χ2n) is 3.61. The number of hydrazine groups is 1. The van der Waals surface area contributed by atoms with Gasteiger partial charge in [0.25, 0.3) is 5.91 Å². The van der Waals surface area contributed by atoms with Crippen molar-refractivity contribution in [3.05, 3.63) is 46.7 Å². The Bertz CT molecular complexity index is 595. The van der Waals surface area contributed by atoms with Crippen molar-refractivity contribution in [1.82, 2.24) is 15.4 Å². The molecule has 2 aromatic rings. The van der Waals surface area contributed by atoms with Gasteiger partial charge in [-0.2, -0.15) is 0 Å². The van der Waals surface area contributed by atoms with Gasteiger partial charge in [0, 0.05) is 17.4 Å².